The van der Waals surface area contributed by atoms with Gasteiger partial charge < -0.3 is 15.8 Å². The normalized spacial score (nSPS) is 22.5. The highest BCUT2D eigenvalue weighted by molar-refractivity contribution is 6.40. The topological polar surface area (TPSA) is 64.4 Å². The van der Waals surface area contributed by atoms with Crippen molar-refractivity contribution in [1.82, 2.24) is 0 Å². The van der Waals surface area contributed by atoms with E-state index in [0.717, 1.165) is 12.0 Å². The molecule has 19 heavy (non-hydrogen) atoms. The van der Waals surface area contributed by atoms with E-state index < -0.39 is 6.10 Å². The molecule has 2 rings (SSSR count). The van der Waals surface area contributed by atoms with E-state index in [1.807, 2.05) is 6.92 Å². The predicted molar refractivity (Wildman–Crippen MR) is 76.8 cm³/mol. The van der Waals surface area contributed by atoms with E-state index in [-0.39, 0.29) is 12.0 Å². The smallest absolute Gasteiger partial charge is 0.253 e. The van der Waals surface area contributed by atoms with E-state index in [2.05, 4.69) is 5.32 Å². The van der Waals surface area contributed by atoms with Gasteiger partial charge in [0.05, 0.1) is 21.8 Å². The van der Waals surface area contributed by atoms with Crippen molar-refractivity contribution in [3.05, 3.63) is 27.7 Å². The van der Waals surface area contributed by atoms with Crippen molar-refractivity contribution in [2.75, 3.05) is 11.9 Å². The lowest BCUT2D eigenvalue weighted by Gasteiger charge is -2.15. The lowest BCUT2D eigenvalue weighted by atomic mass is 10.1. The summed E-state index contributed by atoms with van der Waals surface area (Å²) in [5.41, 5.74) is 6.81. The molecule has 1 saturated heterocycles. The zero-order valence-electron chi connectivity index (χ0n) is 10.6. The van der Waals surface area contributed by atoms with Crippen LogP contribution in [-0.2, 0) is 9.53 Å². The highest BCUT2D eigenvalue weighted by Crippen LogP contribution is 2.33. The van der Waals surface area contributed by atoms with Gasteiger partial charge in [-0.15, -0.1) is 0 Å². The minimum Gasteiger partial charge on any atom is -0.364 e. The molecule has 0 aliphatic carbocycles. The Labute approximate surface area is 122 Å². The number of carbonyl (C=O) groups is 1. The Bertz CT molecular complexity index is 494. The second-order valence-electron chi connectivity index (χ2n) is 4.60. The first-order valence-electron chi connectivity index (χ1n) is 6.14. The largest absolute Gasteiger partial charge is 0.364 e. The molecule has 1 aliphatic rings. The highest BCUT2D eigenvalue weighted by atomic mass is 35.5. The van der Waals surface area contributed by atoms with Crippen molar-refractivity contribution in [1.29, 1.82) is 0 Å². The molecular formula is C13H16Cl2N2O2. The Kier molecular flexibility index (Phi) is 4.68. The molecule has 1 fully saturated rings. The minimum atomic E-state index is -0.485. The summed E-state index contributed by atoms with van der Waals surface area (Å²) in [4.78, 5) is 12.1. The first kappa shape index (κ1) is 14.6. The van der Waals surface area contributed by atoms with Gasteiger partial charge in [0.1, 0.15) is 6.10 Å². The first-order chi connectivity index (χ1) is 9.02. The van der Waals surface area contributed by atoms with Crippen molar-refractivity contribution in [2.45, 2.75) is 32.0 Å². The number of rotatable bonds is 3. The number of anilines is 1. The van der Waals surface area contributed by atoms with Crippen LogP contribution >= 0.6 is 23.2 Å². The van der Waals surface area contributed by atoms with Crippen molar-refractivity contribution in [2.24, 2.45) is 5.73 Å². The Morgan fingerprint density at radius 3 is 2.84 bits per heavy atom. The molecule has 1 heterocycles. The number of nitrogens with one attached hydrogen (secondary N) is 1. The summed E-state index contributed by atoms with van der Waals surface area (Å²) >= 11 is 12.2. The molecule has 4 nitrogen and oxygen atoms in total. The molecule has 1 aromatic carbocycles. The lowest BCUT2D eigenvalue weighted by molar-refractivity contribution is -0.126. The summed E-state index contributed by atoms with van der Waals surface area (Å²) in [7, 11) is 0. The maximum absolute atomic E-state index is 12.1. The van der Waals surface area contributed by atoms with E-state index >= 15 is 0 Å². The van der Waals surface area contributed by atoms with Gasteiger partial charge in [0.25, 0.3) is 5.91 Å². The zero-order chi connectivity index (χ0) is 14.0. The van der Waals surface area contributed by atoms with Crippen LogP contribution < -0.4 is 11.1 Å². The molecule has 1 amide bonds. The van der Waals surface area contributed by atoms with E-state index in [1.54, 1.807) is 12.1 Å². The number of nitrogens with two attached hydrogens (primary N) is 1. The SMILES string of the molecule is Cc1ccc(Cl)c(NC(=O)C2CCC(CN)O2)c1Cl. The molecule has 1 aromatic rings. The summed E-state index contributed by atoms with van der Waals surface area (Å²) in [5, 5.41) is 3.60. The maximum atomic E-state index is 12.1. The monoisotopic (exact) mass is 302 g/mol. The molecule has 0 radical (unpaired) electrons. The molecule has 6 heteroatoms. The van der Waals surface area contributed by atoms with Crippen LogP contribution in [0.15, 0.2) is 12.1 Å². The van der Waals surface area contributed by atoms with Crippen LogP contribution in [0.3, 0.4) is 0 Å². The number of aryl methyl sites for hydroxylation is 1. The molecule has 0 bridgehead atoms. The van der Waals surface area contributed by atoms with Crippen molar-refractivity contribution in [3.63, 3.8) is 0 Å². The van der Waals surface area contributed by atoms with E-state index in [4.69, 9.17) is 33.7 Å². The predicted octanol–water partition coefficient (Wildman–Crippen LogP) is 2.75. The maximum Gasteiger partial charge on any atom is 0.253 e. The summed E-state index contributed by atoms with van der Waals surface area (Å²) < 4.78 is 5.53. The Balaban J connectivity index is 2.10. The van der Waals surface area contributed by atoms with E-state index in [0.29, 0.717) is 28.7 Å². The standard InChI is InChI=1S/C13H16Cl2N2O2/c1-7-2-4-9(14)12(11(7)15)17-13(18)10-5-3-8(6-16)19-10/h2,4,8,10H,3,5-6,16H2,1H3,(H,17,18). The number of carbonyl (C=O) groups excluding carboxylic acids is 1. The quantitative estimate of drug-likeness (QED) is 0.902. The van der Waals surface area contributed by atoms with Crippen LogP contribution in [-0.4, -0.2) is 24.7 Å². The van der Waals surface area contributed by atoms with Crippen LogP contribution in [0.5, 0.6) is 0 Å². The van der Waals surface area contributed by atoms with Crippen LogP contribution in [0.2, 0.25) is 10.0 Å². The molecule has 0 saturated carbocycles. The number of hydrogen-bond donors (Lipinski definition) is 2. The molecule has 2 atom stereocenters. The number of ether oxygens (including phenoxy) is 1. The Hall–Kier alpha value is -0.810. The molecule has 2 unspecified atom stereocenters. The van der Waals surface area contributed by atoms with Crippen LogP contribution in [0.25, 0.3) is 0 Å². The van der Waals surface area contributed by atoms with E-state index in [1.165, 1.54) is 0 Å². The van der Waals surface area contributed by atoms with Gasteiger partial charge in [0.15, 0.2) is 0 Å². The van der Waals surface area contributed by atoms with Gasteiger partial charge >= 0.3 is 0 Å². The average Bonchev–Trinajstić information content (AvgIpc) is 2.88. The number of hydrogen-bond acceptors (Lipinski definition) is 3. The van der Waals surface area contributed by atoms with Gasteiger partial charge in [-0.2, -0.15) is 0 Å². The number of halogens is 2. The summed E-state index contributed by atoms with van der Waals surface area (Å²) in [6.45, 7) is 2.28. The lowest BCUT2D eigenvalue weighted by Crippen LogP contribution is -2.30. The summed E-state index contributed by atoms with van der Waals surface area (Å²) in [6.07, 6.45) is 0.930. The van der Waals surface area contributed by atoms with Gasteiger partial charge in [-0.3, -0.25) is 4.79 Å². The third-order valence-corrected chi connectivity index (χ3v) is 4.00. The summed E-state index contributed by atoms with van der Waals surface area (Å²) in [5.74, 6) is -0.231. The number of benzene rings is 1. The molecule has 0 spiro atoms. The van der Waals surface area contributed by atoms with Crippen molar-refractivity contribution >= 4 is 34.8 Å². The zero-order valence-corrected chi connectivity index (χ0v) is 12.1. The van der Waals surface area contributed by atoms with Crippen LogP contribution in [0.1, 0.15) is 18.4 Å². The van der Waals surface area contributed by atoms with Gasteiger partial charge in [-0.05, 0) is 31.4 Å². The third-order valence-electron chi connectivity index (χ3n) is 3.20. The second-order valence-corrected chi connectivity index (χ2v) is 5.39. The van der Waals surface area contributed by atoms with Crippen molar-refractivity contribution < 1.29 is 9.53 Å². The highest BCUT2D eigenvalue weighted by Gasteiger charge is 2.30. The van der Waals surface area contributed by atoms with Crippen LogP contribution in [0.4, 0.5) is 5.69 Å². The second kappa shape index (κ2) is 6.09. The van der Waals surface area contributed by atoms with Gasteiger partial charge in [-0.1, -0.05) is 29.3 Å². The molecule has 104 valence electrons. The Morgan fingerprint density at radius 2 is 2.21 bits per heavy atom. The fraction of sp³-hybridized carbons (Fsp3) is 0.462. The van der Waals surface area contributed by atoms with E-state index in [9.17, 15) is 4.79 Å². The average molecular weight is 303 g/mol. The van der Waals surface area contributed by atoms with Crippen molar-refractivity contribution in [3.8, 4) is 0 Å². The first-order valence-corrected chi connectivity index (χ1v) is 6.89. The fourth-order valence-electron chi connectivity index (χ4n) is 2.05. The Morgan fingerprint density at radius 1 is 1.47 bits per heavy atom. The number of amides is 1. The van der Waals surface area contributed by atoms with Crippen LogP contribution in [0, 0.1) is 6.92 Å². The van der Waals surface area contributed by atoms with Gasteiger partial charge in [-0.25, -0.2) is 0 Å². The fourth-order valence-corrected chi connectivity index (χ4v) is 2.51. The molecule has 0 aromatic heterocycles. The van der Waals surface area contributed by atoms with Gasteiger partial charge in [0, 0.05) is 6.54 Å². The van der Waals surface area contributed by atoms with Gasteiger partial charge in [0.2, 0.25) is 0 Å². The summed E-state index contributed by atoms with van der Waals surface area (Å²) in [6, 6.07) is 3.51. The molecular weight excluding hydrogens is 287 g/mol. The third kappa shape index (κ3) is 3.20. The minimum absolute atomic E-state index is 0.0424. The molecule has 1 aliphatic heterocycles. The molecule has 3 N–H and O–H groups in total.